The molecule has 1 aromatic heterocycles. The number of ketones is 1. The number of carbonyl (C=O) groups is 1. The zero-order chi connectivity index (χ0) is 18.0. The summed E-state index contributed by atoms with van der Waals surface area (Å²) in [6.45, 7) is 0. The number of hydrazone groups is 2. The first kappa shape index (κ1) is 17.0. The quantitative estimate of drug-likeness (QED) is 0.388. The van der Waals surface area contributed by atoms with E-state index in [9.17, 15) is 4.79 Å². The largest absolute Gasteiger partial charge is 0.287 e. The van der Waals surface area contributed by atoms with Crippen LogP contribution < -0.4 is 10.9 Å². The van der Waals surface area contributed by atoms with Gasteiger partial charge in [-0.15, -0.1) is 0 Å². The molecule has 0 saturated heterocycles. The van der Waals surface area contributed by atoms with Crippen molar-refractivity contribution in [2.24, 2.45) is 10.2 Å². The summed E-state index contributed by atoms with van der Waals surface area (Å²) in [6, 6.07) is 22.2. The summed E-state index contributed by atoms with van der Waals surface area (Å²) in [5.74, 6) is -0.278. The van der Waals surface area contributed by atoms with Crippen molar-refractivity contribution in [2.75, 3.05) is 10.9 Å². The molecule has 128 valence electrons. The number of pyridine rings is 1. The zero-order valence-electron chi connectivity index (χ0n) is 13.9. The number of anilines is 2. The number of hydrogen-bond acceptors (Lipinski definition) is 6. The lowest BCUT2D eigenvalue weighted by Gasteiger charge is -2.04. The van der Waals surface area contributed by atoms with Crippen molar-refractivity contribution in [1.82, 2.24) is 4.98 Å². The fraction of sp³-hybridized carbons (Fsp3) is 0. The molecule has 0 fully saturated rings. The number of Topliss-reactive ketones (excluding diaryl/α,β-unsaturated/α-hetero) is 1. The number of rotatable bonds is 7. The molecule has 2 N–H and O–H groups in total. The Bertz CT molecular complexity index is 893. The molecule has 0 amide bonds. The normalized spacial score (nSPS) is 11.3. The number of hydrogen-bond donors (Lipinski definition) is 2. The van der Waals surface area contributed by atoms with Gasteiger partial charge in [0.2, 0.25) is 5.78 Å². The number of carbonyl (C=O) groups excluding carboxylic acids is 1. The molecule has 26 heavy (non-hydrogen) atoms. The van der Waals surface area contributed by atoms with E-state index in [0.29, 0.717) is 5.56 Å². The summed E-state index contributed by atoms with van der Waals surface area (Å²) in [6.07, 6.45) is 4.50. The van der Waals surface area contributed by atoms with Crippen molar-refractivity contribution < 1.29 is 4.79 Å². The maximum Gasteiger partial charge on any atom is 0.216 e. The van der Waals surface area contributed by atoms with E-state index in [1.54, 1.807) is 18.3 Å². The highest BCUT2D eigenvalue weighted by atomic mass is 16.1. The Hall–Kier alpha value is -3.80. The Morgan fingerprint density at radius 1 is 0.846 bits per heavy atom. The van der Waals surface area contributed by atoms with Crippen LogP contribution in [0.1, 0.15) is 10.4 Å². The first-order chi connectivity index (χ1) is 12.8. The number of benzene rings is 2. The molecule has 0 atom stereocenters. The van der Waals surface area contributed by atoms with Gasteiger partial charge in [-0.1, -0.05) is 36.4 Å². The molecule has 6 nitrogen and oxygen atoms in total. The Balaban J connectivity index is 1.79. The van der Waals surface area contributed by atoms with Crippen LogP contribution in [-0.2, 0) is 0 Å². The van der Waals surface area contributed by atoms with E-state index in [4.69, 9.17) is 0 Å². The van der Waals surface area contributed by atoms with E-state index in [1.807, 2.05) is 60.7 Å². The molecule has 0 aliphatic heterocycles. The van der Waals surface area contributed by atoms with Gasteiger partial charge in [0.15, 0.2) is 5.71 Å². The predicted octanol–water partition coefficient (Wildman–Crippen LogP) is 3.83. The third-order valence-corrected chi connectivity index (χ3v) is 3.39. The van der Waals surface area contributed by atoms with Gasteiger partial charge in [-0.2, -0.15) is 10.2 Å². The van der Waals surface area contributed by atoms with E-state index < -0.39 is 0 Å². The van der Waals surface area contributed by atoms with Crippen LogP contribution in [0.15, 0.2) is 95.4 Å². The van der Waals surface area contributed by atoms with Crippen LogP contribution in [-0.4, -0.2) is 22.7 Å². The summed E-state index contributed by atoms with van der Waals surface area (Å²) >= 11 is 0. The van der Waals surface area contributed by atoms with Crippen LogP contribution in [0.4, 0.5) is 11.4 Å². The van der Waals surface area contributed by atoms with Crippen molar-refractivity contribution in [1.29, 1.82) is 0 Å². The lowest BCUT2D eigenvalue weighted by atomic mass is 10.1. The van der Waals surface area contributed by atoms with E-state index in [0.717, 1.165) is 11.4 Å². The van der Waals surface area contributed by atoms with Crippen LogP contribution in [0.25, 0.3) is 0 Å². The summed E-state index contributed by atoms with van der Waals surface area (Å²) in [4.78, 5) is 16.7. The van der Waals surface area contributed by atoms with Crippen LogP contribution >= 0.6 is 0 Å². The summed E-state index contributed by atoms with van der Waals surface area (Å²) < 4.78 is 0. The Kier molecular flexibility index (Phi) is 5.82. The summed E-state index contributed by atoms with van der Waals surface area (Å²) in [5, 5.41) is 8.32. The Morgan fingerprint density at radius 3 is 2.12 bits per heavy atom. The van der Waals surface area contributed by atoms with Crippen molar-refractivity contribution in [2.45, 2.75) is 0 Å². The number of nitrogens with zero attached hydrogens (tertiary/aromatic N) is 3. The molecule has 2 aromatic carbocycles. The van der Waals surface area contributed by atoms with Crippen LogP contribution in [0.2, 0.25) is 0 Å². The van der Waals surface area contributed by atoms with Crippen molar-refractivity contribution in [3.05, 3.63) is 90.8 Å². The molecule has 0 spiro atoms. The monoisotopic (exact) mass is 343 g/mol. The second-order valence-electron chi connectivity index (χ2n) is 5.28. The molecule has 1 heterocycles. The smallest absolute Gasteiger partial charge is 0.216 e. The minimum atomic E-state index is -0.278. The van der Waals surface area contributed by atoms with Gasteiger partial charge in [0, 0.05) is 18.0 Å². The minimum Gasteiger partial charge on any atom is -0.287 e. The van der Waals surface area contributed by atoms with E-state index >= 15 is 0 Å². The molecule has 3 aromatic rings. The van der Waals surface area contributed by atoms with Gasteiger partial charge in [0.1, 0.15) is 0 Å². The van der Waals surface area contributed by atoms with E-state index in [-0.39, 0.29) is 11.5 Å². The molecule has 0 aliphatic rings. The van der Waals surface area contributed by atoms with Gasteiger partial charge in [0.25, 0.3) is 0 Å². The lowest BCUT2D eigenvalue weighted by molar-refractivity contribution is 0.106. The van der Waals surface area contributed by atoms with Crippen molar-refractivity contribution in [3.8, 4) is 0 Å². The van der Waals surface area contributed by atoms with Gasteiger partial charge in [-0.05, 0) is 36.4 Å². The molecular formula is C20H17N5O. The molecule has 0 aliphatic carbocycles. The van der Waals surface area contributed by atoms with Crippen LogP contribution in [0, 0.1) is 0 Å². The maximum atomic E-state index is 12.7. The average molecular weight is 343 g/mol. The number of aromatic nitrogens is 1. The molecule has 0 radical (unpaired) electrons. The Labute approximate surface area is 151 Å². The molecular weight excluding hydrogens is 326 g/mol. The second kappa shape index (κ2) is 8.89. The topological polar surface area (TPSA) is 78.7 Å². The molecule has 6 heteroatoms. The SMILES string of the molecule is O=C(C(/C=N/Nc1ccccc1)=N/Nc1ccccc1)c1cccnc1. The van der Waals surface area contributed by atoms with Crippen LogP contribution in [0.3, 0.4) is 0 Å². The standard InChI is InChI=1S/C20H17N5O/c26-20(16-8-7-13-21-14-16)19(25-24-18-11-5-2-6-12-18)15-22-23-17-9-3-1-4-10-17/h1-15,23-24H/b22-15+,25-19+. The summed E-state index contributed by atoms with van der Waals surface area (Å²) in [7, 11) is 0. The third kappa shape index (κ3) is 4.85. The van der Waals surface area contributed by atoms with Crippen molar-refractivity contribution in [3.63, 3.8) is 0 Å². The first-order valence-electron chi connectivity index (χ1n) is 8.00. The molecule has 0 bridgehead atoms. The minimum absolute atomic E-state index is 0.158. The Morgan fingerprint density at radius 2 is 1.50 bits per heavy atom. The third-order valence-electron chi connectivity index (χ3n) is 3.39. The highest BCUT2D eigenvalue weighted by molar-refractivity contribution is 6.64. The zero-order valence-corrected chi connectivity index (χ0v) is 13.9. The fourth-order valence-electron chi connectivity index (χ4n) is 2.10. The van der Waals surface area contributed by atoms with Crippen molar-refractivity contribution >= 4 is 29.1 Å². The molecule has 0 saturated carbocycles. The molecule has 0 unspecified atom stereocenters. The first-order valence-corrected chi connectivity index (χ1v) is 8.00. The van der Waals surface area contributed by atoms with Crippen LogP contribution in [0.5, 0.6) is 0 Å². The van der Waals surface area contributed by atoms with Gasteiger partial charge < -0.3 is 0 Å². The maximum absolute atomic E-state index is 12.7. The number of para-hydroxylation sites is 2. The summed E-state index contributed by atoms with van der Waals surface area (Å²) in [5.41, 5.74) is 7.92. The predicted molar refractivity (Wildman–Crippen MR) is 105 cm³/mol. The highest BCUT2D eigenvalue weighted by Crippen LogP contribution is 2.07. The van der Waals surface area contributed by atoms with Gasteiger partial charge in [0.05, 0.1) is 17.6 Å². The van der Waals surface area contributed by atoms with E-state index in [1.165, 1.54) is 12.4 Å². The lowest BCUT2D eigenvalue weighted by Crippen LogP contribution is -2.18. The molecule has 3 rings (SSSR count). The fourth-order valence-corrected chi connectivity index (χ4v) is 2.10. The van der Waals surface area contributed by atoms with Gasteiger partial charge >= 0.3 is 0 Å². The number of nitrogens with one attached hydrogen (secondary N) is 2. The van der Waals surface area contributed by atoms with Gasteiger partial charge in [-0.25, -0.2) is 0 Å². The highest BCUT2D eigenvalue weighted by Gasteiger charge is 2.12. The van der Waals surface area contributed by atoms with Gasteiger partial charge in [-0.3, -0.25) is 20.6 Å². The average Bonchev–Trinajstić information content (AvgIpc) is 2.72. The second-order valence-corrected chi connectivity index (χ2v) is 5.28. The van der Waals surface area contributed by atoms with E-state index in [2.05, 4.69) is 26.0 Å².